The van der Waals surface area contributed by atoms with E-state index in [1.165, 1.54) is 11.8 Å². The molecular formula is C11H12N4S. The zero-order valence-corrected chi connectivity index (χ0v) is 9.74. The smallest absolute Gasteiger partial charge is 0.193 e. The van der Waals surface area contributed by atoms with Gasteiger partial charge in [0, 0.05) is 30.7 Å². The Hall–Kier alpha value is -1.46. The molecule has 0 saturated heterocycles. The molecule has 0 radical (unpaired) electrons. The summed E-state index contributed by atoms with van der Waals surface area (Å²) in [7, 11) is 0. The second kappa shape index (κ2) is 5.05. The summed E-state index contributed by atoms with van der Waals surface area (Å²) >= 11 is 1.44. The van der Waals surface area contributed by atoms with Gasteiger partial charge in [-0.25, -0.2) is 15.0 Å². The Morgan fingerprint density at radius 3 is 2.62 bits per heavy atom. The van der Waals surface area contributed by atoms with Crippen molar-refractivity contribution in [2.45, 2.75) is 23.7 Å². The van der Waals surface area contributed by atoms with Crippen LogP contribution >= 0.6 is 11.8 Å². The third kappa shape index (κ3) is 2.37. The van der Waals surface area contributed by atoms with Gasteiger partial charge in [0.15, 0.2) is 5.16 Å². The molecule has 2 aromatic heterocycles. The van der Waals surface area contributed by atoms with Gasteiger partial charge in [-0.3, -0.25) is 0 Å². The minimum atomic E-state index is 0.481. The van der Waals surface area contributed by atoms with Gasteiger partial charge in [-0.15, -0.1) is 0 Å². The summed E-state index contributed by atoms with van der Waals surface area (Å²) < 4.78 is 0. The molecule has 2 rings (SSSR count). The van der Waals surface area contributed by atoms with Gasteiger partial charge < -0.3 is 5.73 Å². The molecule has 0 aliphatic rings. The van der Waals surface area contributed by atoms with Gasteiger partial charge in [-0.1, -0.05) is 0 Å². The van der Waals surface area contributed by atoms with Crippen molar-refractivity contribution in [2.24, 2.45) is 5.73 Å². The quantitative estimate of drug-likeness (QED) is 0.817. The largest absolute Gasteiger partial charge is 0.326 e. The third-order valence-corrected chi connectivity index (χ3v) is 3.12. The lowest BCUT2D eigenvalue weighted by atomic mass is 10.2. The summed E-state index contributed by atoms with van der Waals surface area (Å²) in [5.41, 5.74) is 7.92. The summed E-state index contributed by atoms with van der Waals surface area (Å²) in [6.45, 7) is 2.51. The summed E-state index contributed by atoms with van der Waals surface area (Å²) in [5, 5.41) is 1.57. The first-order chi connectivity index (χ1) is 7.81. The van der Waals surface area contributed by atoms with Crippen LogP contribution in [-0.4, -0.2) is 15.0 Å². The maximum Gasteiger partial charge on any atom is 0.193 e. The lowest BCUT2D eigenvalue weighted by Crippen LogP contribution is -2.03. The molecule has 16 heavy (non-hydrogen) atoms. The van der Waals surface area contributed by atoms with Crippen LogP contribution in [0.1, 0.15) is 11.1 Å². The Bertz CT molecular complexity index is 473. The molecule has 0 aliphatic carbocycles. The van der Waals surface area contributed by atoms with Crippen molar-refractivity contribution in [1.82, 2.24) is 15.0 Å². The molecular weight excluding hydrogens is 220 g/mol. The van der Waals surface area contributed by atoms with Crippen LogP contribution in [0.2, 0.25) is 0 Å². The fourth-order valence-corrected chi connectivity index (χ4v) is 2.21. The van der Waals surface area contributed by atoms with Crippen molar-refractivity contribution in [1.29, 1.82) is 0 Å². The van der Waals surface area contributed by atoms with E-state index in [1.807, 2.05) is 13.0 Å². The number of nitrogens with zero attached hydrogens (tertiary/aromatic N) is 3. The van der Waals surface area contributed by atoms with Crippen LogP contribution in [0, 0.1) is 6.92 Å². The highest BCUT2D eigenvalue weighted by Crippen LogP contribution is 2.26. The van der Waals surface area contributed by atoms with E-state index in [1.54, 1.807) is 24.7 Å². The lowest BCUT2D eigenvalue weighted by Gasteiger charge is -2.07. The molecule has 5 heteroatoms. The molecule has 0 unspecified atom stereocenters. The number of aromatic nitrogens is 3. The third-order valence-electron chi connectivity index (χ3n) is 2.18. The van der Waals surface area contributed by atoms with Gasteiger partial charge in [0.2, 0.25) is 0 Å². The maximum atomic E-state index is 5.71. The standard InChI is InChI=1S/C11H12N4S/c1-8-3-6-13-10(9(8)7-12)16-11-14-4-2-5-15-11/h2-6H,7,12H2,1H3. The average molecular weight is 232 g/mol. The Morgan fingerprint density at radius 2 is 1.94 bits per heavy atom. The first kappa shape index (κ1) is 11.0. The van der Waals surface area contributed by atoms with E-state index in [-0.39, 0.29) is 0 Å². The number of aryl methyl sites for hydroxylation is 1. The SMILES string of the molecule is Cc1ccnc(Sc2ncccn2)c1CN. The van der Waals surface area contributed by atoms with Crippen LogP contribution in [0.5, 0.6) is 0 Å². The summed E-state index contributed by atoms with van der Waals surface area (Å²) in [5.74, 6) is 0. The van der Waals surface area contributed by atoms with E-state index in [4.69, 9.17) is 5.73 Å². The molecule has 2 N–H and O–H groups in total. The summed E-state index contributed by atoms with van der Waals surface area (Å²) in [6.07, 6.45) is 5.21. The Balaban J connectivity index is 2.31. The minimum absolute atomic E-state index is 0.481. The van der Waals surface area contributed by atoms with E-state index in [0.29, 0.717) is 11.7 Å². The summed E-state index contributed by atoms with van der Waals surface area (Å²) in [6, 6.07) is 3.75. The zero-order chi connectivity index (χ0) is 11.4. The van der Waals surface area contributed by atoms with Crippen molar-refractivity contribution in [3.63, 3.8) is 0 Å². The summed E-state index contributed by atoms with van der Waals surface area (Å²) in [4.78, 5) is 12.6. The number of nitrogens with two attached hydrogens (primary N) is 1. The number of hydrogen-bond acceptors (Lipinski definition) is 5. The minimum Gasteiger partial charge on any atom is -0.326 e. The van der Waals surface area contributed by atoms with Crippen molar-refractivity contribution in [3.05, 3.63) is 41.9 Å². The van der Waals surface area contributed by atoms with Gasteiger partial charge in [-0.2, -0.15) is 0 Å². The maximum absolute atomic E-state index is 5.71. The molecule has 0 atom stereocenters. The Kier molecular flexibility index (Phi) is 3.48. The molecule has 4 nitrogen and oxygen atoms in total. The monoisotopic (exact) mass is 232 g/mol. The molecule has 82 valence electrons. The molecule has 0 aliphatic heterocycles. The Labute approximate surface area is 98.3 Å². The highest BCUT2D eigenvalue weighted by Gasteiger charge is 2.08. The zero-order valence-electron chi connectivity index (χ0n) is 8.92. The van der Waals surface area contributed by atoms with E-state index in [9.17, 15) is 0 Å². The first-order valence-corrected chi connectivity index (χ1v) is 5.72. The van der Waals surface area contributed by atoms with Gasteiger partial charge in [-0.05, 0) is 36.4 Å². The van der Waals surface area contributed by atoms with Gasteiger partial charge in [0.05, 0.1) is 0 Å². The normalized spacial score (nSPS) is 10.4. The molecule has 0 amide bonds. The lowest BCUT2D eigenvalue weighted by molar-refractivity contribution is 0.922. The van der Waals surface area contributed by atoms with Crippen molar-refractivity contribution < 1.29 is 0 Å². The van der Waals surface area contributed by atoms with Crippen LogP contribution in [0.3, 0.4) is 0 Å². The Morgan fingerprint density at radius 1 is 1.19 bits per heavy atom. The average Bonchev–Trinajstić information content (AvgIpc) is 2.31. The van der Waals surface area contributed by atoms with Crippen molar-refractivity contribution in [2.75, 3.05) is 0 Å². The predicted molar refractivity (Wildman–Crippen MR) is 63.0 cm³/mol. The van der Waals surface area contributed by atoms with Gasteiger partial charge in [0.25, 0.3) is 0 Å². The molecule has 0 bridgehead atoms. The fraction of sp³-hybridized carbons (Fsp3) is 0.182. The molecule has 2 heterocycles. The van der Waals surface area contributed by atoms with Crippen LogP contribution in [0.15, 0.2) is 40.9 Å². The van der Waals surface area contributed by atoms with Crippen LogP contribution in [0.4, 0.5) is 0 Å². The fourth-order valence-electron chi connectivity index (χ4n) is 1.32. The van der Waals surface area contributed by atoms with Crippen molar-refractivity contribution >= 4 is 11.8 Å². The van der Waals surface area contributed by atoms with Crippen LogP contribution in [-0.2, 0) is 6.54 Å². The highest BCUT2D eigenvalue weighted by molar-refractivity contribution is 7.99. The highest BCUT2D eigenvalue weighted by atomic mass is 32.2. The first-order valence-electron chi connectivity index (χ1n) is 4.90. The number of hydrogen-bond donors (Lipinski definition) is 1. The number of rotatable bonds is 3. The molecule has 0 spiro atoms. The second-order valence-electron chi connectivity index (χ2n) is 3.25. The van der Waals surface area contributed by atoms with Gasteiger partial charge >= 0.3 is 0 Å². The number of pyridine rings is 1. The van der Waals surface area contributed by atoms with E-state index >= 15 is 0 Å². The van der Waals surface area contributed by atoms with E-state index < -0.39 is 0 Å². The van der Waals surface area contributed by atoms with Crippen LogP contribution in [0.25, 0.3) is 0 Å². The topological polar surface area (TPSA) is 64.7 Å². The molecule has 0 aromatic carbocycles. The predicted octanol–water partition coefficient (Wildman–Crippen LogP) is 1.79. The van der Waals surface area contributed by atoms with Crippen molar-refractivity contribution in [3.8, 4) is 0 Å². The van der Waals surface area contributed by atoms with E-state index in [2.05, 4.69) is 15.0 Å². The molecule has 2 aromatic rings. The molecule has 0 saturated carbocycles. The van der Waals surface area contributed by atoms with Gasteiger partial charge in [0.1, 0.15) is 5.03 Å². The molecule has 0 fully saturated rings. The van der Waals surface area contributed by atoms with E-state index in [0.717, 1.165) is 16.2 Å². The second-order valence-corrected chi connectivity index (χ2v) is 4.21. The van der Waals surface area contributed by atoms with Crippen LogP contribution < -0.4 is 5.73 Å².